The molecule has 4 heteroatoms. The summed E-state index contributed by atoms with van der Waals surface area (Å²) in [7, 11) is 0. The van der Waals surface area contributed by atoms with Gasteiger partial charge in [0.1, 0.15) is 5.76 Å². The van der Waals surface area contributed by atoms with Gasteiger partial charge in [0.25, 0.3) is 5.91 Å². The quantitative estimate of drug-likeness (QED) is 0.721. The van der Waals surface area contributed by atoms with Crippen molar-refractivity contribution >= 4 is 17.7 Å². The molecule has 0 spiro atoms. The van der Waals surface area contributed by atoms with Crippen molar-refractivity contribution in [3.05, 3.63) is 59.0 Å². The number of nitrogens with one attached hydrogen (secondary N) is 1. The molecule has 0 radical (unpaired) electrons. The van der Waals surface area contributed by atoms with Crippen LogP contribution in [0.15, 0.2) is 40.8 Å². The summed E-state index contributed by atoms with van der Waals surface area (Å²) in [4.78, 5) is 12.5. The van der Waals surface area contributed by atoms with Gasteiger partial charge in [-0.2, -0.15) is 0 Å². The van der Waals surface area contributed by atoms with Crippen LogP contribution in [0.3, 0.4) is 0 Å². The SMILES string of the molecule is Cc1ccc(CSCc2ccc(C(=O)NC3CCCC(C)C3C)o2)cc1. The summed E-state index contributed by atoms with van der Waals surface area (Å²) >= 11 is 1.80. The minimum absolute atomic E-state index is 0.0780. The molecule has 140 valence electrons. The van der Waals surface area contributed by atoms with Crippen LogP contribution in [0.4, 0.5) is 0 Å². The molecule has 3 atom stereocenters. The van der Waals surface area contributed by atoms with Crippen LogP contribution in [0.5, 0.6) is 0 Å². The first-order valence-electron chi connectivity index (χ1n) is 9.56. The Morgan fingerprint density at radius 1 is 1.12 bits per heavy atom. The third-order valence-corrected chi connectivity index (χ3v) is 6.57. The molecule has 0 aliphatic heterocycles. The van der Waals surface area contributed by atoms with E-state index in [0.717, 1.165) is 23.7 Å². The summed E-state index contributed by atoms with van der Waals surface area (Å²) in [5.74, 6) is 4.12. The molecule has 1 heterocycles. The van der Waals surface area contributed by atoms with Crippen molar-refractivity contribution < 1.29 is 9.21 Å². The van der Waals surface area contributed by atoms with E-state index in [9.17, 15) is 4.79 Å². The Morgan fingerprint density at radius 3 is 2.65 bits per heavy atom. The van der Waals surface area contributed by atoms with Gasteiger partial charge in [-0.05, 0) is 42.9 Å². The molecule has 1 saturated carbocycles. The fourth-order valence-corrected chi connectivity index (χ4v) is 4.44. The Bertz CT molecular complexity index is 722. The van der Waals surface area contributed by atoms with Crippen molar-refractivity contribution in [1.29, 1.82) is 0 Å². The molecule has 0 saturated heterocycles. The van der Waals surface area contributed by atoms with Crippen LogP contribution >= 0.6 is 11.8 Å². The van der Waals surface area contributed by atoms with Crippen LogP contribution < -0.4 is 5.32 Å². The summed E-state index contributed by atoms with van der Waals surface area (Å²) in [6.45, 7) is 6.62. The monoisotopic (exact) mass is 371 g/mol. The molecule has 0 bridgehead atoms. The van der Waals surface area contributed by atoms with E-state index in [0.29, 0.717) is 17.6 Å². The highest BCUT2D eigenvalue weighted by atomic mass is 32.2. The maximum atomic E-state index is 12.5. The third-order valence-electron chi connectivity index (χ3n) is 5.54. The van der Waals surface area contributed by atoms with E-state index in [1.807, 2.05) is 6.07 Å². The van der Waals surface area contributed by atoms with Crippen LogP contribution in [0, 0.1) is 18.8 Å². The summed E-state index contributed by atoms with van der Waals surface area (Å²) in [5.41, 5.74) is 2.59. The highest BCUT2D eigenvalue weighted by Crippen LogP contribution is 2.29. The molecule has 3 unspecified atom stereocenters. The molecular weight excluding hydrogens is 342 g/mol. The van der Waals surface area contributed by atoms with Crippen LogP contribution in [0.2, 0.25) is 0 Å². The van der Waals surface area contributed by atoms with E-state index in [4.69, 9.17) is 4.42 Å². The summed E-state index contributed by atoms with van der Waals surface area (Å²) < 4.78 is 5.77. The molecule has 2 aromatic rings. The molecule has 1 fully saturated rings. The van der Waals surface area contributed by atoms with E-state index in [1.165, 1.54) is 24.0 Å². The number of hydrogen-bond donors (Lipinski definition) is 1. The molecule has 26 heavy (non-hydrogen) atoms. The van der Waals surface area contributed by atoms with Gasteiger partial charge < -0.3 is 9.73 Å². The van der Waals surface area contributed by atoms with E-state index in [1.54, 1.807) is 17.8 Å². The number of rotatable bonds is 6. The Balaban J connectivity index is 1.49. The average Bonchev–Trinajstić information content (AvgIpc) is 3.10. The predicted molar refractivity (Wildman–Crippen MR) is 108 cm³/mol. The smallest absolute Gasteiger partial charge is 0.287 e. The largest absolute Gasteiger partial charge is 0.455 e. The van der Waals surface area contributed by atoms with Crippen LogP contribution in [0.1, 0.15) is 60.6 Å². The molecule has 3 nitrogen and oxygen atoms in total. The third kappa shape index (κ3) is 4.94. The number of amides is 1. The lowest BCUT2D eigenvalue weighted by Gasteiger charge is -2.34. The topological polar surface area (TPSA) is 42.2 Å². The first kappa shape index (κ1) is 19.1. The standard InChI is InChI=1S/C22H29NO2S/c1-15-7-9-18(10-8-15)13-26-14-19-11-12-21(25-19)22(24)23-20-6-4-5-16(2)17(20)3/h7-12,16-17,20H,4-6,13-14H2,1-3H3,(H,23,24). The minimum Gasteiger partial charge on any atom is -0.455 e. The highest BCUT2D eigenvalue weighted by molar-refractivity contribution is 7.97. The molecule has 1 aliphatic carbocycles. The normalized spacial score (nSPS) is 23.0. The lowest BCUT2D eigenvalue weighted by atomic mass is 9.78. The van der Waals surface area contributed by atoms with E-state index < -0.39 is 0 Å². The zero-order valence-electron chi connectivity index (χ0n) is 16.0. The van der Waals surface area contributed by atoms with Gasteiger partial charge in [0.15, 0.2) is 5.76 Å². The van der Waals surface area contributed by atoms with E-state index >= 15 is 0 Å². The van der Waals surface area contributed by atoms with Crippen molar-refractivity contribution in [1.82, 2.24) is 5.32 Å². The number of hydrogen-bond acceptors (Lipinski definition) is 3. The average molecular weight is 372 g/mol. The Morgan fingerprint density at radius 2 is 1.88 bits per heavy atom. The summed E-state index contributed by atoms with van der Waals surface area (Å²) in [6, 6.07) is 12.6. The second kappa shape index (κ2) is 8.81. The second-order valence-corrected chi connectivity index (χ2v) is 8.58. The molecule has 1 aromatic heterocycles. The molecule has 1 N–H and O–H groups in total. The minimum atomic E-state index is -0.0780. The number of furan rings is 1. The molecule has 1 amide bonds. The fraction of sp³-hybridized carbons (Fsp3) is 0.500. The van der Waals surface area contributed by atoms with Crippen LogP contribution in [-0.4, -0.2) is 11.9 Å². The maximum absolute atomic E-state index is 12.5. The van der Waals surface area contributed by atoms with Crippen molar-refractivity contribution in [3.8, 4) is 0 Å². The van der Waals surface area contributed by atoms with E-state index in [-0.39, 0.29) is 11.9 Å². The fourth-order valence-electron chi connectivity index (χ4n) is 3.56. The number of benzene rings is 1. The number of carbonyl (C=O) groups is 1. The first-order valence-corrected chi connectivity index (χ1v) is 10.7. The van der Waals surface area contributed by atoms with Gasteiger partial charge in [0.2, 0.25) is 0 Å². The van der Waals surface area contributed by atoms with Crippen molar-refractivity contribution in [2.75, 3.05) is 0 Å². The zero-order chi connectivity index (χ0) is 18.5. The Kier molecular flexibility index (Phi) is 6.47. The maximum Gasteiger partial charge on any atom is 0.287 e. The first-order chi connectivity index (χ1) is 12.5. The Labute approximate surface area is 160 Å². The molecule has 1 aromatic carbocycles. The molecule has 3 rings (SSSR count). The number of carbonyl (C=O) groups excluding carboxylic acids is 1. The van der Waals surface area contributed by atoms with Gasteiger partial charge in [-0.15, -0.1) is 11.8 Å². The molecular formula is C22H29NO2S. The highest BCUT2D eigenvalue weighted by Gasteiger charge is 2.29. The number of aryl methyl sites for hydroxylation is 1. The van der Waals surface area contributed by atoms with Crippen LogP contribution in [0.25, 0.3) is 0 Å². The van der Waals surface area contributed by atoms with E-state index in [2.05, 4.69) is 50.4 Å². The van der Waals surface area contributed by atoms with Gasteiger partial charge in [-0.25, -0.2) is 0 Å². The summed E-state index contributed by atoms with van der Waals surface area (Å²) in [6.07, 6.45) is 3.52. The summed E-state index contributed by atoms with van der Waals surface area (Å²) in [5, 5.41) is 3.18. The zero-order valence-corrected chi connectivity index (χ0v) is 16.8. The van der Waals surface area contributed by atoms with Crippen LogP contribution in [-0.2, 0) is 11.5 Å². The second-order valence-electron chi connectivity index (χ2n) is 7.59. The van der Waals surface area contributed by atoms with Crippen molar-refractivity contribution in [2.45, 2.75) is 57.6 Å². The van der Waals surface area contributed by atoms with Gasteiger partial charge in [0, 0.05) is 11.8 Å². The predicted octanol–water partition coefficient (Wildman–Crippen LogP) is 5.58. The Hall–Kier alpha value is -1.68. The van der Waals surface area contributed by atoms with Crippen molar-refractivity contribution in [3.63, 3.8) is 0 Å². The van der Waals surface area contributed by atoms with Gasteiger partial charge in [-0.3, -0.25) is 4.79 Å². The van der Waals surface area contributed by atoms with Gasteiger partial charge in [-0.1, -0.05) is 56.5 Å². The lowest BCUT2D eigenvalue weighted by Crippen LogP contribution is -2.43. The van der Waals surface area contributed by atoms with Gasteiger partial charge >= 0.3 is 0 Å². The van der Waals surface area contributed by atoms with Crippen molar-refractivity contribution in [2.24, 2.45) is 11.8 Å². The molecule has 1 aliphatic rings. The number of thioether (sulfide) groups is 1. The van der Waals surface area contributed by atoms with Gasteiger partial charge in [0.05, 0.1) is 5.75 Å². The lowest BCUT2D eigenvalue weighted by molar-refractivity contribution is 0.0861.